The van der Waals surface area contributed by atoms with Gasteiger partial charge in [0.1, 0.15) is 0 Å². The number of halogens is 1. The fraction of sp³-hybridized carbons (Fsp3) is 0.857. The van der Waals surface area contributed by atoms with Crippen LogP contribution in [0.15, 0.2) is 0 Å². The van der Waals surface area contributed by atoms with Gasteiger partial charge in [-0.2, -0.15) is 0 Å². The molecule has 2 fully saturated rings. The van der Waals surface area contributed by atoms with Crippen molar-refractivity contribution in [1.82, 2.24) is 4.90 Å². The van der Waals surface area contributed by atoms with Crippen LogP contribution in [0.5, 0.6) is 0 Å². The van der Waals surface area contributed by atoms with Crippen LogP contribution in [0.25, 0.3) is 0 Å². The number of hydrogen-bond acceptors (Lipinski definition) is 3. The van der Waals surface area contributed by atoms with Gasteiger partial charge >= 0.3 is 0 Å². The van der Waals surface area contributed by atoms with E-state index in [9.17, 15) is 9.59 Å². The molecule has 1 amide bonds. The predicted octanol–water partition coefficient (Wildman–Crippen LogP) is 2.57. The lowest BCUT2D eigenvalue weighted by molar-refractivity contribution is -0.140. The van der Waals surface area contributed by atoms with Crippen molar-refractivity contribution in [3.8, 4) is 0 Å². The maximum atomic E-state index is 12.0. The molecule has 0 aromatic heterocycles. The molecule has 0 N–H and O–H groups in total. The Morgan fingerprint density at radius 3 is 2.45 bits per heavy atom. The SMILES string of the molecule is CC(C)(C)[Si](C)(C)O[C@@H]1C[C@H]2[C@@H](CBr)C(=O)C(=O)N2C1. The minimum atomic E-state index is -1.82. The molecule has 0 aliphatic carbocycles. The highest BCUT2D eigenvalue weighted by molar-refractivity contribution is 9.09. The Morgan fingerprint density at radius 2 is 1.95 bits per heavy atom. The Balaban J connectivity index is 2.08. The van der Waals surface area contributed by atoms with E-state index in [0.29, 0.717) is 11.9 Å². The van der Waals surface area contributed by atoms with Crippen LogP contribution in [0.2, 0.25) is 18.1 Å². The van der Waals surface area contributed by atoms with Crippen LogP contribution in [0.1, 0.15) is 27.2 Å². The Labute approximate surface area is 130 Å². The maximum Gasteiger partial charge on any atom is 0.290 e. The normalized spacial score (nSPS) is 31.1. The predicted molar refractivity (Wildman–Crippen MR) is 84.5 cm³/mol. The zero-order valence-electron chi connectivity index (χ0n) is 12.9. The first-order chi connectivity index (χ1) is 9.08. The molecule has 6 heteroatoms. The second-order valence-corrected chi connectivity index (χ2v) is 12.8. The monoisotopic (exact) mass is 361 g/mol. The van der Waals surface area contributed by atoms with Crippen LogP contribution in [-0.4, -0.2) is 48.9 Å². The minimum Gasteiger partial charge on any atom is -0.412 e. The van der Waals surface area contributed by atoms with E-state index in [2.05, 4.69) is 49.8 Å². The number of fused-ring (bicyclic) bond motifs is 1. The van der Waals surface area contributed by atoms with Crippen molar-refractivity contribution in [3.63, 3.8) is 0 Å². The largest absolute Gasteiger partial charge is 0.412 e. The molecule has 0 bridgehead atoms. The number of rotatable bonds is 3. The number of nitrogens with zero attached hydrogens (tertiary/aromatic N) is 1. The van der Waals surface area contributed by atoms with Crippen molar-refractivity contribution in [1.29, 1.82) is 0 Å². The van der Waals surface area contributed by atoms with Crippen molar-refractivity contribution < 1.29 is 14.0 Å². The summed E-state index contributed by atoms with van der Waals surface area (Å²) in [6, 6.07) is 0.0316. The van der Waals surface area contributed by atoms with Crippen LogP contribution in [-0.2, 0) is 14.0 Å². The summed E-state index contributed by atoms with van der Waals surface area (Å²) < 4.78 is 6.39. The van der Waals surface area contributed by atoms with Crippen LogP contribution in [0.3, 0.4) is 0 Å². The molecule has 2 aliphatic heterocycles. The van der Waals surface area contributed by atoms with Gasteiger partial charge in [-0.25, -0.2) is 0 Å². The van der Waals surface area contributed by atoms with Gasteiger partial charge in [0.2, 0.25) is 5.78 Å². The summed E-state index contributed by atoms with van der Waals surface area (Å²) in [5, 5.41) is 0.722. The summed E-state index contributed by atoms with van der Waals surface area (Å²) in [6.07, 6.45) is 0.875. The third-order valence-electron chi connectivity index (χ3n) is 5.01. The molecule has 0 saturated carbocycles. The van der Waals surface area contributed by atoms with Crippen molar-refractivity contribution in [3.05, 3.63) is 0 Å². The molecular formula is C14H24BrNO3Si. The Kier molecular flexibility index (Phi) is 4.21. The molecule has 0 aromatic carbocycles. The van der Waals surface area contributed by atoms with Crippen molar-refractivity contribution >= 4 is 35.9 Å². The van der Waals surface area contributed by atoms with Gasteiger partial charge in [-0.3, -0.25) is 9.59 Å². The zero-order valence-corrected chi connectivity index (χ0v) is 15.5. The lowest BCUT2D eigenvalue weighted by Crippen LogP contribution is -2.45. The van der Waals surface area contributed by atoms with E-state index < -0.39 is 8.32 Å². The number of carbonyl (C=O) groups excluding carboxylic acids is 2. The summed E-state index contributed by atoms with van der Waals surface area (Å²) in [6.45, 7) is 11.7. The first-order valence-corrected chi connectivity index (χ1v) is 11.2. The van der Waals surface area contributed by atoms with E-state index >= 15 is 0 Å². The second kappa shape index (κ2) is 5.21. The van der Waals surface area contributed by atoms with Crippen LogP contribution in [0, 0.1) is 5.92 Å². The lowest BCUT2D eigenvalue weighted by atomic mass is 9.99. The van der Waals surface area contributed by atoms with Gasteiger partial charge in [-0.05, 0) is 24.6 Å². The van der Waals surface area contributed by atoms with E-state index in [-0.39, 0.29) is 34.8 Å². The molecule has 114 valence electrons. The molecule has 0 unspecified atom stereocenters. The van der Waals surface area contributed by atoms with Gasteiger partial charge in [0.25, 0.3) is 5.91 Å². The number of hydrogen-bond donors (Lipinski definition) is 0. The van der Waals surface area contributed by atoms with E-state index in [0.717, 1.165) is 6.42 Å². The van der Waals surface area contributed by atoms with Crippen LogP contribution < -0.4 is 0 Å². The van der Waals surface area contributed by atoms with Gasteiger partial charge in [0.05, 0.1) is 12.0 Å². The molecule has 2 heterocycles. The average molecular weight is 362 g/mol. The second-order valence-electron chi connectivity index (χ2n) is 7.39. The molecule has 3 atom stereocenters. The van der Waals surface area contributed by atoms with Crippen molar-refractivity contribution in [2.45, 2.75) is 57.5 Å². The summed E-state index contributed by atoms with van der Waals surface area (Å²) in [4.78, 5) is 25.6. The summed E-state index contributed by atoms with van der Waals surface area (Å²) in [7, 11) is -1.82. The van der Waals surface area contributed by atoms with Gasteiger partial charge in [-0.15, -0.1) is 0 Å². The Bertz CT molecular complexity index is 433. The van der Waals surface area contributed by atoms with E-state index in [1.165, 1.54) is 0 Å². The molecule has 0 radical (unpaired) electrons. The molecule has 0 spiro atoms. The number of carbonyl (C=O) groups is 2. The van der Waals surface area contributed by atoms with Crippen LogP contribution in [0.4, 0.5) is 0 Å². The van der Waals surface area contributed by atoms with Gasteiger partial charge in [0, 0.05) is 17.9 Å². The number of ketones is 1. The third-order valence-corrected chi connectivity index (χ3v) is 10.2. The quantitative estimate of drug-likeness (QED) is 0.440. The zero-order chi connectivity index (χ0) is 15.3. The summed E-state index contributed by atoms with van der Waals surface area (Å²) in [5.74, 6) is -0.756. The summed E-state index contributed by atoms with van der Waals surface area (Å²) in [5.41, 5.74) is 0. The lowest BCUT2D eigenvalue weighted by Gasteiger charge is -2.38. The molecular weight excluding hydrogens is 338 g/mol. The average Bonchev–Trinajstić information content (AvgIpc) is 2.78. The van der Waals surface area contributed by atoms with Crippen LogP contribution >= 0.6 is 15.9 Å². The van der Waals surface area contributed by atoms with E-state index in [1.54, 1.807) is 4.90 Å². The van der Waals surface area contributed by atoms with Gasteiger partial charge in [0.15, 0.2) is 8.32 Å². The first-order valence-electron chi connectivity index (χ1n) is 7.17. The van der Waals surface area contributed by atoms with E-state index in [4.69, 9.17) is 4.43 Å². The van der Waals surface area contributed by atoms with Crippen molar-refractivity contribution in [2.75, 3.05) is 11.9 Å². The molecule has 2 saturated heterocycles. The fourth-order valence-corrected chi connectivity index (χ4v) is 4.85. The third kappa shape index (κ3) is 2.62. The molecule has 4 nitrogen and oxygen atoms in total. The minimum absolute atomic E-state index is 0.0316. The highest BCUT2D eigenvalue weighted by Gasteiger charge is 2.53. The standard InChI is InChI=1S/C14H24BrNO3Si/c1-14(2,3)20(4,5)19-9-6-11-10(7-15)12(17)13(18)16(11)8-9/h9-11H,6-8H2,1-5H3/t9-,10-,11+/m1/s1. The molecule has 0 aromatic rings. The molecule has 2 rings (SSSR count). The molecule has 20 heavy (non-hydrogen) atoms. The highest BCUT2D eigenvalue weighted by Crippen LogP contribution is 2.41. The van der Waals surface area contributed by atoms with Gasteiger partial charge in [-0.1, -0.05) is 36.7 Å². The Morgan fingerprint density at radius 1 is 1.35 bits per heavy atom. The Hall–Kier alpha value is -0.203. The smallest absolute Gasteiger partial charge is 0.290 e. The number of Topliss-reactive ketones (excluding diaryl/α,β-unsaturated/α-hetero) is 1. The fourth-order valence-electron chi connectivity index (χ4n) is 2.77. The highest BCUT2D eigenvalue weighted by atomic mass is 79.9. The van der Waals surface area contributed by atoms with E-state index in [1.807, 2.05) is 0 Å². The maximum absolute atomic E-state index is 12.0. The summed E-state index contributed by atoms with van der Waals surface area (Å²) >= 11 is 3.36. The molecule has 2 aliphatic rings. The number of alkyl halides is 1. The van der Waals surface area contributed by atoms with Gasteiger partial charge < -0.3 is 9.33 Å². The first kappa shape index (κ1) is 16.2. The number of amides is 1. The van der Waals surface area contributed by atoms with Crippen molar-refractivity contribution in [2.24, 2.45) is 5.92 Å². The topological polar surface area (TPSA) is 46.6 Å².